The van der Waals surface area contributed by atoms with Crippen LogP contribution in [0.3, 0.4) is 0 Å². The second-order valence-corrected chi connectivity index (χ2v) is 3.47. The minimum atomic E-state index is -4.44. The van der Waals surface area contributed by atoms with E-state index in [1.54, 1.807) is 6.07 Å². The van der Waals surface area contributed by atoms with Crippen molar-refractivity contribution in [2.75, 3.05) is 0 Å². The topological polar surface area (TPSA) is 81.0 Å². The van der Waals surface area contributed by atoms with Crippen LogP contribution in [0.15, 0.2) is 29.2 Å². The number of hydrogen-bond acceptors (Lipinski definition) is 4. The number of nitriles is 1. The molecular formula is C7H4NO3S-. The Morgan fingerprint density at radius 3 is 2.58 bits per heavy atom. The van der Waals surface area contributed by atoms with Crippen LogP contribution in [0.25, 0.3) is 0 Å². The van der Waals surface area contributed by atoms with E-state index in [1.165, 1.54) is 12.1 Å². The summed E-state index contributed by atoms with van der Waals surface area (Å²) in [6.07, 6.45) is 0. The Balaban J connectivity index is 3.32. The van der Waals surface area contributed by atoms with Crippen LogP contribution in [0.2, 0.25) is 0 Å². The minimum Gasteiger partial charge on any atom is -0.744 e. The molecule has 0 spiro atoms. The highest BCUT2D eigenvalue weighted by Gasteiger charge is 2.00. The number of rotatable bonds is 1. The van der Waals surface area contributed by atoms with Gasteiger partial charge in [-0.1, -0.05) is 6.07 Å². The lowest BCUT2D eigenvalue weighted by Gasteiger charge is -2.05. The monoisotopic (exact) mass is 182 g/mol. The lowest BCUT2D eigenvalue weighted by Crippen LogP contribution is -1.98. The average Bonchev–Trinajstić information content (AvgIpc) is 2.03. The van der Waals surface area contributed by atoms with E-state index >= 15 is 0 Å². The largest absolute Gasteiger partial charge is 0.744 e. The molecule has 1 rings (SSSR count). The summed E-state index contributed by atoms with van der Waals surface area (Å²) in [5.41, 5.74) is 0.159. The smallest absolute Gasteiger partial charge is 0.124 e. The van der Waals surface area contributed by atoms with Gasteiger partial charge >= 0.3 is 0 Å². The predicted octanol–water partition coefficient (Wildman–Crippen LogP) is 0.462. The highest BCUT2D eigenvalue weighted by Crippen LogP contribution is 2.09. The lowest BCUT2D eigenvalue weighted by molar-refractivity contribution is 0.463. The van der Waals surface area contributed by atoms with Crippen LogP contribution in [0, 0.1) is 11.3 Å². The molecule has 0 radical (unpaired) electrons. The van der Waals surface area contributed by atoms with E-state index in [1.807, 2.05) is 0 Å². The van der Waals surface area contributed by atoms with E-state index in [0.29, 0.717) is 0 Å². The Kier molecular flexibility index (Phi) is 2.13. The second kappa shape index (κ2) is 2.93. The van der Waals surface area contributed by atoms with Gasteiger partial charge in [0.2, 0.25) is 0 Å². The average molecular weight is 182 g/mol. The van der Waals surface area contributed by atoms with Gasteiger partial charge in [-0.05, 0) is 18.2 Å². The van der Waals surface area contributed by atoms with Crippen LogP contribution in [0.4, 0.5) is 0 Å². The molecule has 4 nitrogen and oxygen atoms in total. The normalized spacial score (nSPS) is 10.7. The fourth-order valence-corrected chi connectivity index (χ4v) is 1.24. The molecule has 0 aliphatic rings. The second-order valence-electron chi connectivity index (χ2n) is 2.09. The Morgan fingerprint density at radius 2 is 2.08 bits per heavy atom. The van der Waals surface area contributed by atoms with Crippen molar-refractivity contribution in [1.29, 1.82) is 5.26 Å². The first-order valence-electron chi connectivity index (χ1n) is 3.00. The first-order chi connectivity index (χ1) is 5.54. The van der Waals surface area contributed by atoms with Gasteiger partial charge in [-0.15, -0.1) is 0 Å². The summed E-state index contributed by atoms with van der Waals surface area (Å²) in [5.74, 6) is 0. The molecule has 0 aliphatic carbocycles. The zero-order valence-corrected chi connectivity index (χ0v) is 6.71. The molecule has 0 bridgehead atoms. The highest BCUT2D eigenvalue weighted by molar-refractivity contribution is 7.85. The van der Waals surface area contributed by atoms with E-state index in [2.05, 4.69) is 0 Å². The quantitative estimate of drug-likeness (QED) is 0.591. The summed E-state index contributed by atoms with van der Waals surface area (Å²) in [4.78, 5) is -0.374. The maximum atomic E-state index is 10.4. The predicted molar refractivity (Wildman–Crippen MR) is 39.1 cm³/mol. The van der Waals surface area contributed by atoms with Crippen molar-refractivity contribution in [3.05, 3.63) is 29.8 Å². The van der Waals surface area contributed by atoms with Gasteiger partial charge in [0.1, 0.15) is 10.1 Å². The van der Waals surface area contributed by atoms with Crippen molar-refractivity contribution in [3.63, 3.8) is 0 Å². The van der Waals surface area contributed by atoms with Crippen molar-refractivity contribution in [2.24, 2.45) is 0 Å². The van der Waals surface area contributed by atoms with Crippen molar-refractivity contribution in [2.45, 2.75) is 4.90 Å². The summed E-state index contributed by atoms with van der Waals surface area (Å²) >= 11 is 0. The Bertz CT molecular complexity index is 430. The first kappa shape index (κ1) is 8.71. The fourth-order valence-electron chi connectivity index (χ4n) is 0.721. The molecule has 0 aliphatic heterocycles. The third-order valence-corrected chi connectivity index (χ3v) is 2.08. The van der Waals surface area contributed by atoms with Crippen molar-refractivity contribution in [1.82, 2.24) is 0 Å². The molecule has 5 heteroatoms. The van der Waals surface area contributed by atoms with E-state index in [9.17, 15) is 13.0 Å². The van der Waals surface area contributed by atoms with Crippen LogP contribution >= 0.6 is 0 Å². The van der Waals surface area contributed by atoms with Crippen LogP contribution in [-0.4, -0.2) is 13.0 Å². The molecular weight excluding hydrogens is 178 g/mol. The van der Waals surface area contributed by atoms with Crippen molar-refractivity contribution >= 4 is 10.1 Å². The lowest BCUT2D eigenvalue weighted by atomic mass is 10.2. The van der Waals surface area contributed by atoms with Gasteiger partial charge in [0.25, 0.3) is 0 Å². The standard InChI is InChI=1S/C7H5NO3S/c8-5-6-2-1-3-7(4-6)12(9,10)11/h1-4H,(H,9,10,11)/p-1. The molecule has 0 heterocycles. The molecule has 0 N–H and O–H groups in total. The maximum absolute atomic E-state index is 10.4. The molecule has 62 valence electrons. The van der Waals surface area contributed by atoms with Gasteiger partial charge in [0.05, 0.1) is 16.5 Å². The molecule has 0 fully saturated rings. The van der Waals surface area contributed by atoms with Gasteiger partial charge in [-0.2, -0.15) is 5.26 Å². The molecule has 0 amide bonds. The zero-order chi connectivity index (χ0) is 9.19. The van der Waals surface area contributed by atoms with Gasteiger partial charge in [0.15, 0.2) is 0 Å². The van der Waals surface area contributed by atoms with Crippen LogP contribution in [0.1, 0.15) is 5.56 Å². The van der Waals surface area contributed by atoms with Crippen molar-refractivity contribution in [3.8, 4) is 6.07 Å². The summed E-state index contributed by atoms with van der Waals surface area (Å²) in [5, 5.41) is 8.38. The van der Waals surface area contributed by atoms with E-state index < -0.39 is 10.1 Å². The van der Waals surface area contributed by atoms with Crippen LogP contribution in [0.5, 0.6) is 0 Å². The molecule has 1 aromatic carbocycles. The third-order valence-electron chi connectivity index (χ3n) is 1.25. The van der Waals surface area contributed by atoms with Gasteiger partial charge in [-0.3, -0.25) is 0 Å². The Labute approximate surface area is 69.8 Å². The van der Waals surface area contributed by atoms with Crippen molar-refractivity contribution < 1.29 is 13.0 Å². The fraction of sp³-hybridized carbons (Fsp3) is 0. The SMILES string of the molecule is N#Cc1cccc(S(=O)(=O)[O-])c1. The maximum Gasteiger partial charge on any atom is 0.124 e. The van der Waals surface area contributed by atoms with Gasteiger partial charge in [0, 0.05) is 0 Å². The highest BCUT2D eigenvalue weighted by atomic mass is 32.2. The van der Waals surface area contributed by atoms with Crippen LogP contribution < -0.4 is 0 Å². The van der Waals surface area contributed by atoms with Gasteiger partial charge < -0.3 is 4.55 Å². The summed E-state index contributed by atoms with van der Waals surface area (Å²) in [6, 6.07) is 6.71. The molecule has 0 saturated carbocycles. The molecule has 1 aromatic rings. The van der Waals surface area contributed by atoms with E-state index in [4.69, 9.17) is 5.26 Å². The summed E-state index contributed by atoms with van der Waals surface area (Å²) in [6.45, 7) is 0. The molecule has 0 atom stereocenters. The number of hydrogen-bond donors (Lipinski definition) is 0. The molecule has 0 saturated heterocycles. The van der Waals surface area contributed by atoms with Gasteiger partial charge in [-0.25, -0.2) is 8.42 Å². The first-order valence-corrected chi connectivity index (χ1v) is 4.41. The molecule has 12 heavy (non-hydrogen) atoms. The molecule has 0 unspecified atom stereocenters. The summed E-state index contributed by atoms with van der Waals surface area (Å²) in [7, 11) is -4.44. The number of nitrogens with zero attached hydrogens (tertiary/aromatic N) is 1. The molecule has 0 aromatic heterocycles. The van der Waals surface area contributed by atoms with Crippen LogP contribution in [-0.2, 0) is 10.1 Å². The summed E-state index contributed by atoms with van der Waals surface area (Å²) < 4.78 is 31.3. The minimum absolute atomic E-state index is 0.159. The Hall–Kier alpha value is -1.38. The number of benzene rings is 1. The van der Waals surface area contributed by atoms with E-state index in [-0.39, 0.29) is 10.5 Å². The third kappa shape index (κ3) is 1.81. The Morgan fingerprint density at radius 1 is 1.42 bits per heavy atom. The zero-order valence-electron chi connectivity index (χ0n) is 5.89. The van der Waals surface area contributed by atoms with E-state index in [0.717, 1.165) is 12.1 Å².